The fraction of sp³-hybridized carbons (Fsp3) is 0.444. The van der Waals surface area contributed by atoms with Crippen molar-refractivity contribution in [2.24, 2.45) is 0 Å². The summed E-state index contributed by atoms with van der Waals surface area (Å²) >= 11 is -5.17. The predicted octanol–water partition coefficient (Wildman–Crippen LogP) is 6.38. The van der Waals surface area contributed by atoms with Crippen LogP contribution in [0.4, 0.5) is 5.69 Å². The number of methoxy groups -OCH3 is 1. The van der Waals surface area contributed by atoms with Crippen molar-refractivity contribution in [2.75, 3.05) is 10.4 Å². The molecule has 0 radical (unpaired) electrons. The van der Waals surface area contributed by atoms with Gasteiger partial charge in [0.15, 0.2) is 0 Å². The maximum absolute atomic E-state index is 5.29. The molecule has 2 nitrogen and oxygen atoms in total. The van der Waals surface area contributed by atoms with Crippen molar-refractivity contribution in [2.45, 2.75) is 34.2 Å². The maximum atomic E-state index is 5.29. The van der Waals surface area contributed by atoms with Gasteiger partial charge in [-0.2, -0.15) is 0 Å². The van der Waals surface area contributed by atoms with E-state index in [-0.39, 0.29) is 24.8 Å². The monoisotopic (exact) mass is 469 g/mol. The van der Waals surface area contributed by atoms with Crippen molar-refractivity contribution >= 4 is 37.4 Å². The van der Waals surface area contributed by atoms with Gasteiger partial charge in [-0.1, -0.05) is 0 Å². The summed E-state index contributed by atoms with van der Waals surface area (Å²) in [6.45, 7) is 2.18. The summed E-state index contributed by atoms with van der Waals surface area (Å²) in [5.41, 5.74) is 1.14. The van der Waals surface area contributed by atoms with Crippen molar-refractivity contribution in [3.8, 4) is 5.75 Å². The van der Waals surface area contributed by atoms with E-state index >= 15 is 0 Å². The third kappa shape index (κ3) is 4.78. The number of rotatable bonds is 4. The Hall–Kier alpha value is -0.0200. The molecular formula is C18H35Cl2NOSiZr. The molecule has 0 saturated carbocycles. The second-order valence-corrected chi connectivity index (χ2v) is 112. The second kappa shape index (κ2) is 3.67. The number of benzene rings is 1. The fourth-order valence-electron chi connectivity index (χ4n) is 3.58. The normalized spacial score (nSPS) is 22.5. The van der Waals surface area contributed by atoms with Crippen LogP contribution in [0, 0.1) is 0 Å². The quantitative estimate of drug-likeness (QED) is 0.515. The molecule has 0 heterocycles. The zero-order valence-corrected chi connectivity index (χ0v) is 21.7. The molecule has 0 aromatic heterocycles. The van der Waals surface area contributed by atoms with Crippen LogP contribution in [0.3, 0.4) is 0 Å². The molecule has 0 unspecified atom stereocenters. The Morgan fingerprint density at radius 3 is 1.83 bits per heavy atom. The number of ether oxygens (including phenoxy) is 1. The minimum atomic E-state index is -5.17. The van der Waals surface area contributed by atoms with Gasteiger partial charge in [0.25, 0.3) is 0 Å². The zero-order valence-electron chi connectivity index (χ0n) is 16.2. The molecule has 0 amide bonds. The van der Waals surface area contributed by atoms with Crippen molar-refractivity contribution < 1.29 is 16.5 Å². The van der Waals surface area contributed by atoms with Gasteiger partial charge in [0.1, 0.15) is 0 Å². The predicted molar refractivity (Wildman–Crippen MR) is 117 cm³/mol. The van der Waals surface area contributed by atoms with Gasteiger partial charge in [0.2, 0.25) is 0 Å². The van der Waals surface area contributed by atoms with Gasteiger partial charge in [-0.3, -0.25) is 0 Å². The molecular weight excluding hydrogens is 436 g/mol. The average Bonchev–Trinajstić information content (AvgIpc) is 2.81. The van der Waals surface area contributed by atoms with Gasteiger partial charge in [-0.05, 0) is 0 Å². The van der Waals surface area contributed by atoms with Gasteiger partial charge in [0.05, 0.1) is 0 Å². The van der Waals surface area contributed by atoms with Crippen molar-refractivity contribution in [3.63, 3.8) is 0 Å². The Kier molecular flexibility index (Phi) is 3.67. The number of nitrogens with one attached hydrogen (secondary N) is 1. The SMILES string of the molecule is COc1ccc([NH][Zr]([CH3])([CH3])([CH3])([CH3])([CH3])([CH3])(=[SiH2])[C]2=CC=CC2)cc1.Cl.Cl. The summed E-state index contributed by atoms with van der Waals surface area (Å²) in [5.74, 6) is 0.882. The van der Waals surface area contributed by atoms with Gasteiger partial charge >= 0.3 is 125 Å². The van der Waals surface area contributed by atoms with Gasteiger partial charge in [-0.15, -0.1) is 24.8 Å². The van der Waals surface area contributed by atoms with E-state index < -0.39 is 11.8 Å². The van der Waals surface area contributed by atoms with Crippen LogP contribution in [0.15, 0.2) is 45.8 Å². The van der Waals surface area contributed by atoms with Gasteiger partial charge < -0.3 is 0 Å². The molecule has 1 aliphatic carbocycles. The van der Waals surface area contributed by atoms with Crippen LogP contribution in [0.5, 0.6) is 5.75 Å². The number of allylic oxidation sites excluding steroid dienone is 4. The van der Waals surface area contributed by atoms with E-state index in [0.29, 0.717) is 0 Å². The Labute approximate surface area is 149 Å². The minimum absolute atomic E-state index is 0. The first-order chi connectivity index (χ1) is 9.23. The summed E-state index contributed by atoms with van der Waals surface area (Å²) < 4.78 is 25.8. The van der Waals surface area contributed by atoms with Crippen LogP contribution >= 0.6 is 24.8 Å². The van der Waals surface area contributed by atoms with E-state index in [9.17, 15) is 0 Å². The minimum Gasteiger partial charge on any atom is -0.147 e. The summed E-state index contributed by atoms with van der Waals surface area (Å²) in [7, 11) is 1.70. The van der Waals surface area contributed by atoms with Gasteiger partial charge in [0, 0.05) is 0 Å². The molecule has 6 heteroatoms. The summed E-state index contributed by atoms with van der Waals surface area (Å²) in [5, 5.41) is 0. The molecule has 0 spiro atoms. The number of hydrogen-bond acceptors (Lipinski definition) is 2. The Bertz CT molecular complexity index is 907. The molecule has 2 rings (SSSR count). The van der Waals surface area contributed by atoms with Gasteiger partial charge in [-0.25, -0.2) is 0 Å². The molecule has 1 aromatic carbocycles. The third-order valence-corrected chi connectivity index (χ3v) is 26.4. The topological polar surface area (TPSA) is 21.3 Å². The van der Waals surface area contributed by atoms with Crippen molar-refractivity contribution in [1.82, 2.24) is 0 Å². The largest absolute Gasteiger partial charge is 0.147 e. The van der Waals surface area contributed by atoms with Crippen LogP contribution in [-0.2, 0) is 11.8 Å². The van der Waals surface area contributed by atoms with E-state index in [1.54, 1.807) is 7.11 Å². The Morgan fingerprint density at radius 2 is 1.46 bits per heavy atom. The summed E-state index contributed by atoms with van der Waals surface area (Å²) in [4.78, 5) is 0. The smallest absolute Gasteiger partial charge is 0.147 e. The molecule has 0 bridgehead atoms. The molecule has 1 aliphatic rings. The summed E-state index contributed by atoms with van der Waals surface area (Å²) in [6.07, 6.45) is 7.77. The first-order valence-corrected chi connectivity index (χ1v) is 31.4. The number of hydrogen-bond donors (Lipinski definition) is 1. The Balaban J connectivity index is 0.00000264. The van der Waals surface area contributed by atoms with E-state index in [2.05, 4.69) is 68.3 Å². The standard InChI is InChI=1S/C7H8NO.C5H5.6CH3.2ClH.H2Si.Zr/c1-9-7-4-2-6(8)3-5-7;1-2-4-5-3-1;;;;;;;;;;/h2-5,8H,1H3;1-3H,4H2;6*1H3;2*1H;1H2;/q-1;;;;;;;;;;;+1. The number of anilines is 1. The van der Waals surface area contributed by atoms with Crippen LogP contribution in [0.1, 0.15) is 6.42 Å². The molecule has 0 saturated heterocycles. The van der Waals surface area contributed by atoms with E-state index in [1.807, 2.05) is 12.1 Å². The average molecular weight is 472 g/mol. The first-order valence-electron chi connectivity index (χ1n) is 8.25. The molecule has 140 valence electrons. The van der Waals surface area contributed by atoms with E-state index in [0.717, 1.165) is 17.9 Å². The zero-order chi connectivity index (χ0) is 17.1. The first kappa shape index (κ1) is 24.0. The number of halogens is 2. The molecule has 0 atom stereocenters. The van der Waals surface area contributed by atoms with Crippen LogP contribution in [-0.4, -0.2) is 14.0 Å². The molecule has 1 N–H and O–H groups in total. The Morgan fingerprint density at radius 1 is 0.958 bits per heavy atom. The third-order valence-electron chi connectivity index (χ3n) is 5.22. The van der Waals surface area contributed by atoms with Crippen LogP contribution in [0.2, 0.25) is 27.8 Å². The van der Waals surface area contributed by atoms with Crippen LogP contribution in [0.25, 0.3) is 0 Å². The van der Waals surface area contributed by atoms with E-state index in [1.165, 1.54) is 3.28 Å². The van der Waals surface area contributed by atoms with E-state index in [4.69, 9.17) is 4.74 Å². The maximum Gasteiger partial charge on any atom is -0.147 e. The fourth-order valence-corrected chi connectivity index (χ4v) is 19.4. The molecule has 1 aromatic rings. The molecule has 24 heavy (non-hydrogen) atoms. The van der Waals surface area contributed by atoms with Crippen molar-refractivity contribution in [1.29, 1.82) is 0 Å². The summed E-state index contributed by atoms with van der Waals surface area (Å²) in [6, 6.07) is 8.27. The molecule has 0 aliphatic heterocycles. The second-order valence-electron chi connectivity index (χ2n) is 16.3. The van der Waals surface area contributed by atoms with Crippen LogP contribution < -0.4 is 8.00 Å². The van der Waals surface area contributed by atoms with Crippen molar-refractivity contribution in [3.05, 3.63) is 45.8 Å². The molecule has 0 fully saturated rings.